The third-order valence-electron chi connectivity index (χ3n) is 5.61. The summed E-state index contributed by atoms with van der Waals surface area (Å²) in [5.74, 6) is 1.28. The van der Waals surface area contributed by atoms with Crippen molar-refractivity contribution in [2.45, 2.75) is 25.2 Å². The summed E-state index contributed by atoms with van der Waals surface area (Å²) in [5.41, 5.74) is 2.93. The molecule has 2 aromatic carbocycles. The molecule has 1 aliphatic rings. The first-order chi connectivity index (χ1) is 14.3. The zero-order valence-corrected chi connectivity index (χ0v) is 17.2. The van der Waals surface area contributed by atoms with Crippen molar-refractivity contribution < 1.29 is 14.1 Å². The van der Waals surface area contributed by atoms with Crippen molar-refractivity contribution in [3.05, 3.63) is 53.9 Å². The first-order valence-electron chi connectivity index (χ1n) is 9.96. The highest BCUT2D eigenvalue weighted by Gasteiger charge is 2.24. The molecule has 0 spiro atoms. The number of hydrogen-bond donors (Lipinski definition) is 0. The summed E-state index contributed by atoms with van der Waals surface area (Å²) in [6.07, 6.45) is 2.86. The maximum atomic E-state index is 6.01. The Morgan fingerprint density at radius 2 is 2.00 bits per heavy atom. The number of piperidine rings is 1. The van der Waals surface area contributed by atoms with Gasteiger partial charge in [0.1, 0.15) is 5.75 Å². The van der Waals surface area contributed by atoms with Crippen LogP contribution in [0.2, 0.25) is 0 Å². The predicted octanol–water partition coefficient (Wildman–Crippen LogP) is 4.80. The van der Waals surface area contributed by atoms with Crippen LogP contribution in [0.1, 0.15) is 30.1 Å². The van der Waals surface area contributed by atoms with E-state index in [0.717, 1.165) is 54.8 Å². The van der Waals surface area contributed by atoms with Crippen LogP contribution in [-0.2, 0) is 11.3 Å². The zero-order valence-electron chi connectivity index (χ0n) is 16.3. The van der Waals surface area contributed by atoms with E-state index in [9.17, 15) is 0 Å². The molecule has 6 nitrogen and oxygen atoms in total. The maximum absolute atomic E-state index is 6.01. The lowest BCUT2D eigenvalue weighted by atomic mass is 9.92. The number of hydrogen-bond acceptors (Lipinski definition) is 7. The number of methoxy groups -OCH3 is 1. The number of rotatable bonds is 6. The lowest BCUT2D eigenvalue weighted by molar-refractivity contribution is -0.169. The minimum atomic E-state index is 0.514. The van der Waals surface area contributed by atoms with Crippen molar-refractivity contribution in [1.82, 2.24) is 14.6 Å². The molecule has 5 rings (SSSR count). The molecule has 0 radical (unpaired) electrons. The Kier molecular flexibility index (Phi) is 5.18. The molecule has 1 aliphatic heterocycles. The number of hydroxylamine groups is 2. The van der Waals surface area contributed by atoms with E-state index in [1.54, 1.807) is 18.6 Å². The first-order valence-corrected chi connectivity index (χ1v) is 10.7. The van der Waals surface area contributed by atoms with Crippen LogP contribution in [0.5, 0.6) is 5.75 Å². The van der Waals surface area contributed by atoms with Crippen molar-refractivity contribution in [2.75, 3.05) is 26.8 Å². The van der Waals surface area contributed by atoms with Crippen LogP contribution in [0, 0.1) is 0 Å². The Hall–Kier alpha value is -2.48. The van der Waals surface area contributed by atoms with Crippen molar-refractivity contribution >= 4 is 32.6 Å². The number of fused-ring (bicyclic) bond motifs is 2. The monoisotopic (exact) mass is 409 g/mol. The quantitative estimate of drug-likeness (QED) is 0.456. The Labute approximate surface area is 173 Å². The molecule has 0 unspecified atom stereocenters. The molecule has 0 N–H and O–H groups in total. The average molecular weight is 410 g/mol. The summed E-state index contributed by atoms with van der Waals surface area (Å²) < 4.78 is 16.7. The summed E-state index contributed by atoms with van der Waals surface area (Å²) in [7, 11) is 1.65. The van der Waals surface area contributed by atoms with E-state index in [1.807, 2.05) is 18.2 Å². The normalized spacial score (nSPS) is 16.0. The highest BCUT2D eigenvalue weighted by molar-refractivity contribution is 7.13. The second-order valence-electron chi connectivity index (χ2n) is 7.34. The molecule has 1 fully saturated rings. The van der Waals surface area contributed by atoms with Crippen LogP contribution in [0.3, 0.4) is 0 Å². The topological polar surface area (TPSA) is 60.6 Å². The third-order valence-corrected chi connectivity index (χ3v) is 6.45. The summed E-state index contributed by atoms with van der Waals surface area (Å²) in [6.45, 7) is 2.44. The van der Waals surface area contributed by atoms with Gasteiger partial charge in [0.15, 0.2) is 5.58 Å². The van der Waals surface area contributed by atoms with Gasteiger partial charge >= 0.3 is 0 Å². The zero-order chi connectivity index (χ0) is 19.6. The summed E-state index contributed by atoms with van der Waals surface area (Å²) in [4.78, 5) is 6.01. The van der Waals surface area contributed by atoms with Gasteiger partial charge in [0, 0.05) is 42.3 Å². The van der Waals surface area contributed by atoms with Crippen LogP contribution >= 0.6 is 11.5 Å². The summed E-state index contributed by atoms with van der Waals surface area (Å²) in [5, 5.41) is 8.60. The van der Waals surface area contributed by atoms with Gasteiger partial charge in [0.25, 0.3) is 0 Å². The maximum Gasteiger partial charge on any atom is 0.170 e. The van der Waals surface area contributed by atoms with Gasteiger partial charge in [-0.2, -0.15) is 9.44 Å². The van der Waals surface area contributed by atoms with Crippen LogP contribution < -0.4 is 4.74 Å². The molecule has 3 heterocycles. The Balaban J connectivity index is 1.15. The molecule has 0 atom stereocenters. The fourth-order valence-electron chi connectivity index (χ4n) is 4.01. The fourth-order valence-corrected chi connectivity index (χ4v) is 4.86. The van der Waals surface area contributed by atoms with Crippen molar-refractivity contribution in [3.63, 3.8) is 0 Å². The van der Waals surface area contributed by atoms with Crippen LogP contribution in [0.25, 0.3) is 21.1 Å². The van der Waals surface area contributed by atoms with E-state index in [2.05, 4.69) is 34.5 Å². The van der Waals surface area contributed by atoms with Gasteiger partial charge in [0.2, 0.25) is 0 Å². The molecular formula is C22H23N3O3S. The molecular weight excluding hydrogens is 386 g/mol. The van der Waals surface area contributed by atoms with Gasteiger partial charge in [-0.15, -0.1) is 0 Å². The van der Waals surface area contributed by atoms with E-state index in [4.69, 9.17) is 18.5 Å². The third kappa shape index (κ3) is 3.73. The van der Waals surface area contributed by atoms with Gasteiger partial charge in [-0.3, -0.25) is 4.84 Å². The predicted molar refractivity (Wildman–Crippen MR) is 113 cm³/mol. The number of ether oxygens (including phenoxy) is 1. The lowest BCUT2D eigenvalue weighted by Gasteiger charge is -2.30. The molecule has 0 saturated carbocycles. The minimum absolute atomic E-state index is 0.514. The highest BCUT2D eigenvalue weighted by Crippen LogP contribution is 2.34. The van der Waals surface area contributed by atoms with Gasteiger partial charge in [-0.25, -0.2) is 0 Å². The first kappa shape index (κ1) is 18.5. The van der Waals surface area contributed by atoms with Gasteiger partial charge in [-0.1, -0.05) is 23.4 Å². The van der Waals surface area contributed by atoms with E-state index in [0.29, 0.717) is 12.5 Å². The van der Waals surface area contributed by atoms with Gasteiger partial charge in [0.05, 0.1) is 29.8 Å². The Morgan fingerprint density at radius 1 is 1.14 bits per heavy atom. The second kappa shape index (κ2) is 8.10. The van der Waals surface area contributed by atoms with E-state index >= 15 is 0 Å². The molecule has 7 heteroatoms. The van der Waals surface area contributed by atoms with Crippen LogP contribution in [0.4, 0.5) is 0 Å². The van der Waals surface area contributed by atoms with Crippen molar-refractivity contribution in [1.29, 1.82) is 0 Å². The molecule has 150 valence electrons. The van der Waals surface area contributed by atoms with Crippen LogP contribution in [0.15, 0.2) is 47.0 Å². The molecule has 0 amide bonds. The smallest absolute Gasteiger partial charge is 0.170 e. The van der Waals surface area contributed by atoms with E-state index in [1.165, 1.54) is 15.8 Å². The Bertz CT molecular complexity index is 1110. The number of aromatic nitrogens is 2. The largest absolute Gasteiger partial charge is 0.497 e. The highest BCUT2D eigenvalue weighted by atomic mass is 32.1. The van der Waals surface area contributed by atoms with Crippen molar-refractivity contribution in [2.24, 2.45) is 0 Å². The molecule has 2 aromatic heterocycles. The molecule has 0 aliphatic carbocycles. The average Bonchev–Trinajstić information content (AvgIpc) is 3.38. The molecule has 4 aromatic rings. The van der Waals surface area contributed by atoms with Crippen molar-refractivity contribution in [3.8, 4) is 5.75 Å². The Morgan fingerprint density at radius 3 is 2.86 bits per heavy atom. The van der Waals surface area contributed by atoms with Gasteiger partial charge < -0.3 is 9.26 Å². The fraction of sp³-hybridized carbons (Fsp3) is 0.364. The molecule has 29 heavy (non-hydrogen) atoms. The van der Waals surface area contributed by atoms with Gasteiger partial charge in [-0.05, 0) is 42.6 Å². The second-order valence-corrected chi connectivity index (χ2v) is 8.15. The van der Waals surface area contributed by atoms with E-state index < -0.39 is 0 Å². The number of benzene rings is 2. The summed E-state index contributed by atoms with van der Waals surface area (Å²) >= 11 is 1.61. The number of nitrogens with zero attached hydrogens (tertiary/aromatic N) is 3. The SMILES string of the molecule is COc1ccc2c(CCON3CCC(c4nsc5ccccc45)CC3)noc2c1. The van der Waals surface area contributed by atoms with Crippen LogP contribution in [-0.4, -0.2) is 41.4 Å². The minimum Gasteiger partial charge on any atom is -0.497 e. The standard InChI is InChI=1S/C22H23N3O3S/c1-26-16-6-7-17-19(23-28-20(17)14-16)10-13-27-25-11-8-15(9-12-25)22-18-4-2-3-5-21(18)29-24-22/h2-7,14-15H,8-13H2,1H3. The molecule has 0 bridgehead atoms. The lowest BCUT2D eigenvalue weighted by Crippen LogP contribution is -2.33. The van der Waals surface area contributed by atoms with E-state index in [-0.39, 0.29) is 0 Å². The molecule has 1 saturated heterocycles. The summed E-state index contributed by atoms with van der Waals surface area (Å²) in [6, 6.07) is 14.3.